The summed E-state index contributed by atoms with van der Waals surface area (Å²) in [5.41, 5.74) is 0. The summed E-state index contributed by atoms with van der Waals surface area (Å²) >= 11 is 0. The van der Waals surface area contributed by atoms with Crippen molar-refractivity contribution in [2.75, 3.05) is 0 Å². The predicted octanol–water partition coefficient (Wildman–Crippen LogP) is 4.05. The van der Waals surface area contributed by atoms with Crippen LogP contribution in [-0.2, 0) is 14.0 Å². The number of rotatable bonds is 7. The number of aliphatic hydroxyl groups excluding tert-OH is 1. The predicted molar refractivity (Wildman–Crippen MR) is 105 cm³/mol. The first-order chi connectivity index (χ1) is 11.8. The second-order valence-corrected chi connectivity index (χ2v) is 14.8. The third kappa shape index (κ3) is 5.30. The number of carboxylic acids is 1. The van der Waals surface area contributed by atoms with Gasteiger partial charge in [0.1, 0.15) is 0 Å². The zero-order valence-corrected chi connectivity index (χ0v) is 18.5. The summed E-state index contributed by atoms with van der Waals surface area (Å²) in [6.45, 7) is 15.3. The molecule has 0 unspecified atom stereocenters. The number of hydrogen-bond donors (Lipinski definition) is 2. The normalized spacial score (nSPS) is 36.6. The van der Waals surface area contributed by atoms with E-state index >= 15 is 0 Å². The number of aliphatic hydroxyl groups is 1. The maximum Gasteiger partial charge on any atom is 0.305 e. The lowest BCUT2D eigenvalue weighted by atomic mass is 9.87. The average molecular weight is 387 g/mol. The first-order valence-electron chi connectivity index (χ1n) is 10.0. The first kappa shape index (κ1) is 21.9. The van der Waals surface area contributed by atoms with Gasteiger partial charge in [-0.25, -0.2) is 0 Å². The number of aliphatic carboxylic acids is 1. The summed E-state index contributed by atoms with van der Waals surface area (Å²) in [6.07, 6.45) is 1.53. The highest BCUT2D eigenvalue weighted by molar-refractivity contribution is 6.74. The van der Waals surface area contributed by atoms with Crippen LogP contribution in [0, 0.1) is 17.8 Å². The summed E-state index contributed by atoms with van der Waals surface area (Å²) in [5, 5.41) is 19.8. The Bertz CT molecular complexity index is 501. The van der Waals surface area contributed by atoms with Crippen molar-refractivity contribution in [1.29, 1.82) is 0 Å². The van der Waals surface area contributed by atoms with Crippen LogP contribution in [0.2, 0.25) is 18.1 Å². The van der Waals surface area contributed by atoms with Crippen LogP contribution in [0.3, 0.4) is 0 Å². The smallest absolute Gasteiger partial charge is 0.305 e. The van der Waals surface area contributed by atoms with Gasteiger partial charge in [-0.1, -0.05) is 34.6 Å². The average Bonchev–Trinajstić information content (AvgIpc) is 3.19. The van der Waals surface area contributed by atoms with Gasteiger partial charge in [-0.2, -0.15) is 0 Å². The van der Waals surface area contributed by atoms with Crippen molar-refractivity contribution >= 4 is 14.3 Å². The molecule has 0 aromatic rings. The zero-order valence-electron chi connectivity index (χ0n) is 17.5. The van der Waals surface area contributed by atoms with E-state index < -0.39 is 14.3 Å². The third-order valence-electron chi connectivity index (χ3n) is 6.83. The Morgan fingerprint density at radius 2 is 1.85 bits per heavy atom. The summed E-state index contributed by atoms with van der Waals surface area (Å²) in [4.78, 5) is 11.3. The Morgan fingerprint density at radius 1 is 1.27 bits per heavy atom. The molecule has 0 amide bonds. The number of ether oxygens (including phenoxy) is 1. The summed E-state index contributed by atoms with van der Waals surface area (Å²) in [7, 11) is -1.96. The van der Waals surface area contributed by atoms with Crippen LogP contribution < -0.4 is 0 Å². The van der Waals surface area contributed by atoms with E-state index in [9.17, 15) is 15.0 Å². The van der Waals surface area contributed by atoms with Gasteiger partial charge in [0.05, 0.1) is 30.8 Å². The largest absolute Gasteiger partial charge is 0.481 e. The van der Waals surface area contributed by atoms with Crippen LogP contribution in [0.4, 0.5) is 0 Å². The van der Waals surface area contributed by atoms with Crippen LogP contribution in [-0.4, -0.2) is 48.9 Å². The zero-order chi connectivity index (χ0) is 19.9. The van der Waals surface area contributed by atoms with E-state index in [1.165, 1.54) is 0 Å². The Kier molecular flexibility index (Phi) is 6.64. The number of hydrogen-bond acceptors (Lipinski definition) is 4. The first-order valence-corrected chi connectivity index (χ1v) is 13.0. The van der Waals surface area contributed by atoms with Gasteiger partial charge in [0.2, 0.25) is 0 Å². The molecule has 2 aliphatic rings. The molecule has 0 radical (unpaired) electrons. The highest BCUT2D eigenvalue weighted by Gasteiger charge is 2.46. The molecule has 2 rings (SSSR count). The second-order valence-electron chi connectivity index (χ2n) is 10.1. The molecule has 152 valence electrons. The Balaban J connectivity index is 2.09. The lowest BCUT2D eigenvalue weighted by Gasteiger charge is -2.46. The van der Waals surface area contributed by atoms with Gasteiger partial charge in [-0.15, -0.1) is 0 Å². The molecule has 5 nitrogen and oxygen atoms in total. The molecule has 2 fully saturated rings. The van der Waals surface area contributed by atoms with Crippen molar-refractivity contribution in [3.05, 3.63) is 0 Å². The van der Waals surface area contributed by atoms with Gasteiger partial charge in [-0.05, 0) is 49.2 Å². The monoisotopic (exact) mass is 386 g/mol. The van der Waals surface area contributed by atoms with E-state index in [1.54, 1.807) is 0 Å². The highest BCUT2D eigenvalue weighted by atomic mass is 28.4. The molecule has 0 aromatic carbocycles. The number of carboxylic acid groups (broad SMARTS) is 1. The van der Waals surface area contributed by atoms with E-state index in [0.29, 0.717) is 18.3 Å². The lowest BCUT2D eigenvalue weighted by Crippen LogP contribution is -2.52. The molecule has 1 saturated heterocycles. The molecular formula is C20H38O5Si. The van der Waals surface area contributed by atoms with E-state index in [0.717, 1.165) is 12.8 Å². The van der Waals surface area contributed by atoms with Gasteiger partial charge in [0.15, 0.2) is 8.32 Å². The van der Waals surface area contributed by atoms with Crippen molar-refractivity contribution in [2.45, 2.75) is 103 Å². The summed E-state index contributed by atoms with van der Waals surface area (Å²) < 4.78 is 12.8. The Morgan fingerprint density at radius 3 is 2.31 bits per heavy atom. The molecule has 1 aliphatic heterocycles. The van der Waals surface area contributed by atoms with Crippen molar-refractivity contribution < 1.29 is 24.2 Å². The molecule has 7 atom stereocenters. The minimum absolute atomic E-state index is 0.00897. The van der Waals surface area contributed by atoms with Crippen LogP contribution in [0.25, 0.3) is 0 Å². The van der Waals surface area contributed by atoms with Gasteiger partial charge < -0.3 is 19.4 Å². The van der Waals surface area contributed by atoms with Gasteiger partial charge in [0.25, 0.3) is 0 Å². The molecule has 1 saturated carbocycles. The maximum absolute atomic E-state index is 11.3. The standard InChI is InChI=1S/C20H38O5Si/c1-12-8-15(12)16(21)9-14-10-18(25-26(6,7)20(3,4)5)13(2)17(24-14)11-19(22)23/h12-18,21H,8-11H2,1-7H3,(H,22,23)/t12-,13-,14+,15-,16-,17-,18-/m0/s1. The van der Waals surface area contributed by atoms with Gasteiger partial charge >= 0.3 is 5.97 Å². The van der Waals surface area contributed by atoms with E-state index in [-0.39, 0.29) is 41.8 Å². The lowest BCUT2D eigenvalue weighted by molar-refractivity contribution is -0.158. The van der Waals surface area contributed by atoms with Crippen LogP contribution in [0.15, 0.2) is 0 Å². The minimum atomic E-state index is -1.96. The molecule has 0 bridgehead atoms. The van der Waals surface area contributed by atoms with Crippen molar-refractivity contribution in [3.63, 3.8) is 0 Å². The van der Waals surface area contributed by atoms with Crippen LogP contribution in [0.1, 0.15) is 60.3 Å². The molecule has 26 heavy (non-hydrogen) atoms. The van der Waals surface area contributed by atoms with E-state index in [4.69, 9.17) is 9.16 Å². The second kappa shape index (κ2) is 7.90. The molecular weight excluding hydrogens is 348 g/mol. The Hall–Kier alpha value is -0.433. The fourth-order valence-corrected chi connectivity index (χ4v) is 5.16. The third-order valence-corrected chi connectivity index (χ3v) is 11.3. The SMILES string of the molecule is C[C@H]1[C@H](CC(=O)O)O[C@H](C[C@H](O)[C@H]2C[C@@H]2C)C[C@@H]1O[Si](C)(C)C(C)(C)C. The van der Waals surface area contributed by atoms with Gasteiger partial charge in [0, 0.05) is 5.92 Å². The van der Waals surface area contributed by atoms with Crippen LogP contribution >= 0.6 is 0 Å². The summed E-state index contributed by atoms with van der Waals surface area (Å²) in [6, 6.07) is 0. The van der Waals surface area contributed by atoms with Gasteiger partial charge in [-0.3, -0.25) is 4.79 Å². The van der Waals surface area contributed by atoms with E-state index in [1.807, 2.05) is 6.92 Å². The highest BCUT2D eigenvalue weighted by Crippen LogP contribution is 2.44. The number of carbonyl (C=O) groups is 1. The van der Waals surface area contributed by atoms with Crippen molar-refractivity contribution in [1.82, 2.24) is 0 Å². The molecule has 6 heteroatoms. The topological polar surface area (TPSA) is 76.0 Å². The molecule has 2 N–H and O–H groups in total. The molecule has 0 aromatic heterocycles. The molecule has 0 spiro atoms. The van der Waals surface area contributed by atoms with Crippen molar-refractivity contribution in [2.24, 2.45) is 17.8 Å². The maximum atomic E-state index is 11.3. The Labute approximate surface area is 159 Å². The minimum Gasteiger partial charge on any atom is -0.481 e. The van der Waals surface area contributed by atoms with Crippen LogP contribution in [0.5, 0.6) is 0 Å². The molecule has 1 heterocycles. The fourth-order valence-electron chi connectivity index (χ4n) is 3.74. The quantitative estimate of drug-likeness (QED) is 0.646. The summed E-state index contributed by atoms with van der Waals surface area (Å²) in [5.74, 6) is 0.149. The fraction of sp³-hybridized carbons (Fsp3) is 0.950. The van der Waals surface area contributed by atoms with Crippen molar-refractivity contribution in [3.8, 4) is 0 Å². The molecule has 1 aliphatic carbocycles. The van der Waals surface area contributed by atoms with E-state index in [2.05, 4.69) is 40.8 Å².